The molecule has 15 nitrogen and oxygen atoms in total. The Labute approximate surface area is 389 Å². The molecule has 0 spiro atoms. The molecule has 1 aromatic heterocycles. The van der Waals surface area contributed by atoms with Crippen LogP contribution in [0.3, 0.4) is 0 Å². The largest absolute Gasteiger partial charge is 0.488 e. The summed E-state index contributed by atoms with van der Waals surface area (Å²) in [6.07, 6.45) is 3.43. The summed E-state index contributed by atoms with van der Waals surface area (Å²) < 4.78 is 36.7. The van der Waals surface area contributed by atoms with Crippen LogP contribution in [0.5, 0.6) is 5.75 Å². The predicted molar refractivity (Wildman–Crippen MR) is 246 cm³/mol. The lowest BCUT2D eigenvalue weighted by Gasteiger charge is -2.47. The molecule has 66 heavy (non-hydrogen) atoms. The molecule has 3 aliphatic heterocycles. The summed E-state index contributed by atoms with van der Waals surface area (Å²) in [5.74, 6) is -7.82. The maximum absolute atomic E-state index is 14.5. The van der Waals surface area contributed by atoms with E-state index in [0.717, 1.165) is 23.1 Å². The second-order valence-corrected chi connectivity index (χ2v) is 19.5. The first kappa shape index (κ1) is 51.4. The van der Waals surface area contributed by atoms with E-state index in [1.165, 1.54) is 19.1 Å². The molecule has 0 radical (unpaired) electrons. The van der Waals surface area contributed by atoms with Crippen molar-refractivity contribution in [2.45, 2.75) is 166 Å². The number of piperidine rings is 1. The fraction of sp³-hybridized carbons (Fsp3) is 0.686. The molecule has 4 heterocycles. The van der Waals surface area contributed by atoms with Crippen LogP contribution in [0.1, 0.15) is 106 Å². The van der Waals surface area contributed by atoms with Gasteiger partial charge in [-0.05, 0) is 119 Å². The van der Waals surface area contributed by atoms with Gasteiger partial charge >= 0.3 is 5.97 Å². The van der Waals surface area contributed by atoms with Crippen molar-refractivity contribution in [2.75, 3.05) is 27.9 Å². The molecule has 1 aromatic carbocycles. The number of aromatic amines is 1. The molecular formula is C51H74N2O13. The number of aromatic nitrogens is 1. The Hall–Kier alpha value is -3.96. The number of Topliss-reactive ketones (excluding diaryl/α,β-unsaturated/α-hetero) is 2. The zero-order chi connectivity index (χ0) is 48.0. The number of methoxy groups -OCH3 is 3. The number of esters is 1. The lowest BCUT2D eigenvalue weighted by Crippen LogP contribution is -2.64. The van der Waals surface area contributed by atoms with Gasteiger partial charge in [0.1, 0.15) is 35.9 Å². The number of ether oxygens (including phenoxy) is 6. The van der Waals surface area contributed by atoms with Gasteiger partial charge in [0.15, 0.2) is 0 Å². The summed E-state index contributed by atoms with van der Waals surface area (Å²) in [4.78, 5) is 61.7. The first-order valence-electron chi connectivity index (χ1n) is 24.0. The highest BCUT2D eigenvalue weighted by Gasteiger charge is 2.57. The Kier molecular flexibility index (Phi) is 17.5. The van der Waals surface area contributed by atoms with E-state index in [9.17, 15) is 34.5 Å². The lowest BCUT2D eigenvalue weighted by atomic mass is 9.81. The van der Waals surface area contributed by atoms with Crippen LogP contribution in [0.4, 0.5) is 0 Å². The quantitative estimate of drug-likeness (QED) is 0.136. The Morgan fingerprint density at radius 1 is 0.924 bits per heavy atom. The number of fused-ring (bicyclic) bond motifs is 4. The van der Waals surface area contributed by atoms with Crippen molar-refractivity contribution in [3.05, 3.63) is 53.8 Å². The van der Waals surface area contributed by atoms with Crippen molar-refractivity contribution in [1.82, 2.24) is 9.88 Å². The number of hydrogen-bond donors (Lipinski definition) is 4. The molecule has 1 aliphatic carbocycles. The Bertz CT molecular complexity index is 2070. The molecule has 6 rings (SSSR count). The minimum absolute atomic E-state index is 0.00832. The maximum atomic E-state index is 14.5. The smallest absolute Gasteiger partial charge is 0.329 e. The molecule has 3 fully saturated rings. The first-order valence-corrected chi connectivity index (χ1v) is 24.0. The van der Waals surface area contributed by atoms with Crippen LogP contribution < -0.4 is 4.74 Å². The average molecular weight is 923 g/mol. The second kappa shape index (κ2) is 22.4. The van der Waals surface area contributed by atoms with Crippen molar-refractivity contribution in [3.8, 4) is 5.75 Å². The minimum atomic E-state index is -2.58. The highest BCUT2D eigenvalue weighted by Crippen LogP contribution is 2.40. The van der Waals surface area contributed by atoms with Crippen molar-refractivity contribution in [2.24, 2.45) is 29.6 Å². The summed E-state index contributed by atoms with van der Waals surface area (Å²) in [6.45, 7) is 10.7. The van der Waals surface area contributed by atoms with Crippen molar-refractivity contribution in [1.29, 1.82) is 0 Å². The number of carbonyl (C=O) groups excluding carboxylic acids is 4. The van der Waals surface area contributed by atoms with Crippen LogP contribution in [-0.4, -0.2) is 137 Å². The molecule has 2 bridgehead atoms. The van der Waals surface area contributed by atoms with E-state index >= 15 is 0 Å². The summed E-state index contributed by atoms with van der Waals surface area (Å²) >= 11 is 0. The van der Waals surface area contributed by atoms with Crippen molar-refractivity contribution < 1.29 is 62.9 Å². The third-order valence-corrected chi connectivity index (χ3v) is 15.0. The van der Waals surface area contributed by atoms with Crippen LogP contribution >= 0.6 is 0 Å². The molecule has 4 N–H and O–H groups in total. The fourth-order valence-electron chi connectivity index (χ4n) is 10.7. The van der Waals surface area contributed by atoms with Gasteiger partial charge in [0.2, 0.25) is 5.79 Å². The summed E-state index contributed by atoms with van der Waals surface area (Å²) in [6, 6.07) is 6.75. The Balaban J connectivity index is 1.32. The first-order chi connectivity index (χ1) is 31.4. The summed E-state index contributed by atoms with van der Waals surface area (Å²) in [7, 11) is 4.62. The number of hydrogen-bond acceptors (Lipinski definition) is 13. The molecule has 4 aliphatic rings. The van der Waals surface area contributed by atoms with Crippen molar-refractivity contribution in [3.63, 3.8) is 0 Å². The van der Waals surface area contributed by atoms with Gasteiger partial charge in [-0.25, -0.2) is 4.79 Å². The van der Waals surface area contributed by atoms with E-state index in [1.54, 1.807) is 34.0 Å². The minimum Gasteiger partial charge on any atom is -0.488 e. The highest BCUT2D eigenvalue weighted by atomic mass is 16.7. The number of nitrogens with one attached hydrogen (secondary N) is 1. The van der Waals surface area contributed by atoms with Crippen LogP contribution in [0.2, 0.25) is 0 Å². The number of carbonyl (C=O) groups is 4. The number of amides is 1. The Morgan fingerprint density at radius 2 is 1.64 bits per heavy atom. The van der Waals surface area contributed by atoms with Gasteiger partial charge in [0.25, 0.3) is 11.7 Å². The number of rotatable bonds is 8. The highest BCUT2D eigenvalue weighted by molar-refractivity contribution is 6.39. The third kappa shape index (κ3) is 11.3. The van der Waals surface area contributed by atoms with E-state index in [-0.39, 0.29) is 56.1 Å². The topological polar surface area (TPSA) is 203 Å². The molecule has 15 heteroatoms. The number of nitrogens with zero attached hydrogens (tertiary/aromatic N) is 1. The van der Waals surface area contributed by atoms with Crippen LogP contribution in [0.25, 0.3) is 10.9 Å². The average Bonchev–Trinajstić information content (AvgIpc) is 3.79. The normalized spacial score (nSPS) is 37.4. The number of allylic oxidation sites excluding steroid dienone is 2. The number of ketones is 2. The van der Waals surface area contributed by atoms with Gasteiger partial charge < -0.3 is 53.6 Å². The van der Waals surface area contributed by atoms with E-state index in [0.29, 0.717) is 43.3 Å². The number of cyclic esters (lactones) is 1. The van der Waals surface area contributed by atoms with Gasteiger partial charge in [-0.2, -0.15) is 0 Å². The Morgan fingerprint density at radius 3 is 2.33 bits per heavy atom. The SMILES string of the molecule is CCC1C=C(C)C(O)C(C)CC(OC)C2OC(O)(C(=O)C(=O)N3CCCCC3C(=O)OC(C(C)=CC3CCC(Oc4ccc5[nH]ccc5c4)C(OC)C3)C(C)C(O)CC1=O)C(C)CC2OC. The molecule has 1 amide bonds. The molecule has 366 valence electrons. The zero-order valence-corrected chi connectivity index (χ0v) is 40.3. The van der Waals surface area contributed by atoms with Crippen LogP contribution in [0.15, 0.2) is 53.8 Å². The summed E-state index contributed by atoms with van der Waals surface area (Å²) in [5.41, 5.74) is 2.24. The molecule has 2 saturated heterocycles. The van der Waals surface area contributed by atoms with Gasteiger partial charge in [0.05, 0.1) is 30.5 Å². The van der Waals surface area contributed by atoms with Gasteiger partial charge in [0, 0.05) is 69.1 Å². The van der Waals surface area contributed by atoms with E-state index in [2.05, 4.69) is 4.98 Å². The number of aliphatic hydroxyl groups excluding tert-OH is 2. The maximum Gasteiger partial charge on any atom is 0.329 e. The number of aliphatic hydroxyl groups is 3. The van der Waals surface area contributed by atoms with Gasteiger partial charge in [-0.1, -0.05) is 39.8 Å². The van der Waals surface area contributed by atoms with E-state index in [1.807, 2.05) is 57.3 Å². The second-order valence-electron chi connectivity index (χ2n) is 19.5. The van der Waals surface area contributed by atoms with E-state index < -0.39 is 89.8 Å². The monoisotopic (exact) mass is 923 g/mol. The van der Waals surface area contributed by atoms with Crippen LogP contribution in [-0.2, 0) is 42.9 Å². The van der Waals surface area contributed by atoms with Gasteiger partial charge in [-0.15, -0.1) is 0 Å². The third-order valence-electron chi connectivity index (χ3n) is 15.0. The van der Waals surface area contributed by atoms with Crippen molar-refractivity contribution >= 4 is 34.3 Å². The fourth-order valence-corrected chi connectivity index (χ4v) is 10.7. The molecule has 2 aromatic rings. The predicted octanol–water partition coefficient (Wildman–Crippen LogP) is 6.01. The van der Waals surface area contributed by atoms with Crippen LogP contribution in [0, 0.1) is 29.6 Å². The molecule has 1 saturated carbocycles. The zero-order valence-electron chi connectivity index (χ0n) is 40.3. The molecule has 15 unspecified atom stereocenters. The molecular weight excluding hydrogens is 849 g/mol. The molecule has 15 atom stereocenters. The van der Waals surface area contributed by atoms with Gasteiger partial charge in [-0.3, -0.25) is 14.4 Å². The standard InChI is InChI=1S/C51H74N2O13/c1-10-34-22-28(2)45(56)29(3)23-43(62-8)47-44(63-9)24-31(5)51(60,66-47)48(57)49(58)53-20-12-11-13-38(53)50(59)65-46(32(6)39(54)27-40(34)55)30(4)21-33-14-17-41(42(25-33)61-7)64-36-15-16-37-35(26-36)18-19-52-37/h15-16,18-19,21-22,26,29,31-34,38-39,41-47,52,54,56,60H,10-14,17,20,23-25,27H2,1-9H3. The lowest BCUT2D eigenvalue weighted by molar-refractivity contribution is -0.302. The summed E-state index contributed by atoms with van der Waals surface area (Å²) in [5, 5.41) is 36.6. The number of benzene rings is 1. The van der Waals surface area contributed by atoms with E-state index in [4.69, 9.17) is 28.4 Å². The number of H-pyrrole nitrogens is 1.